The van der Waals surface area contributed by atoms with Crippen molar-refractivity contribution >= 4 is 16.9 Å². The van der Waals surface area contributed by atoms with Crippen LogP contribution in [0.2, 0.25) is 0 Å². The minimum absolute atomic E-state index is 0.343. The molecule has 18 heavy (non-hydrogen) atoms. The molecule has 2 nitrogen and oxygen atoms in total. The van der Waals surface area contributed by atoms with Crippen LogP contribution in [0.3, 0.4) is 0 Å². The molecule has 0 aliphatic rings. The largest absolute Gasteiger partial charge is 0.299 e. The van der Waals surface area contributed by atoms with E-state index in [1.807, 2.05) is 18.2 Å². The monoisotopic (exact) mass is 265 g/mol. The summed E-state index contributed by atoms with van der Waals surface area (Å²) in [5.41, 5.74) is 2.55. The molecule has 2 unspecified atom stereocenters. The minimum atomic E-state index is -0.730. The van der Waals surface area contributed by atoms with Crippen molar-refractivity contribution in [2.75, 3.05) is 25.6 Å². The zero-order valence-electron chi connectivity index (χ0n) is 11.7. The molecule has 2 atom stereocenters. The summed E-state index contributed by atoms with van der Waals surface area (Å²) >= 11 is 0. The van der Waals surface area contributed by atoms with Crippen molar-refractivity contribution in [1.29, 1.82) is 0 Å². The molecular formula is C15H23NOS. The molecule has 0 N–H and O–H groups in total. The summed E-state index contributed by atoms with van der Waals surface area (Å²) in [7, 11) is 1.35. The molecule has 0 fully saturated rings. The van der Waals surface area contributed by atoms with Crippen molar-refractivity contribution in [3.63, 3.8) is 0 Å². The average molecular weight is 265 g/mol. The first-order chi connectivity index (χ1) is 8.49. The van der Waals surface area contributed by atoms with Gasteiger partial charge in [-0.15, -0.1) is 0 Å². The number of rotatable bonds is 6. The van der Waals surface area contributed by atoms with E-state index in [1.54, 1.807) is 6.26 Å². The van der Waals surface area contributed by atoms with Gasteiger partial charge in [-0.25, -0.2) is 0 Å². The zero-order valence-corrected chi connectivity index (χ0v) is 12.5. The van der Waals surface area contributed by atoms with E-state index in [4.69, 9.17) is 0 Å². The van der Waals surface area contributed by atoms with Crippen LogP contribution >= 0.6 is 0 Å². The van der Waals surface area contributed by atoms with Gasteiger partial charge in [0, 0.05) is 35.4 Å². The van der Waals surface area contributed by atoms with Crippen LogP contribution in [0.5, 0.6) is 0 Å². The van der Waals surface area contributed by atoms with Gasteiger partial charge in [-0.2, -0.15) is 0 Å². The molecular weight excluding hydrogens is 242 g/mol. The van der Waals surface area contributed by atoms with E-state index in [-0.39, 0.29) is 0 Å². The molecule has 0 saturated carbocycles. The predicted octanol–water partition coefficient (Wildman–Crippen LogP) is 2.79. The normalized spacial score (nSPS) is 15.7. The van der Waals surface area contributed by atoms with Gasteiger partial charge in [-0.3, -0.25) is 9.11 Å². The molecule has 1 aromatic carbocycles. The van der Waals surface area contributed by atoms with Gasteiger partial charge in [-0.05, 0) is 26.5 Å². The number of benzene rings is 1. The lowest BCUT2D eigenvalue weighted by Gasteiger charge is -2.24. The molecule has 3 heteroatoms. The molecule has 0 spiro atoms. The maximum atomic E-state index is 11.2. The lowest BCUT2D eigenvalue weighted by Crippen LogP contribution is -2.34. The fraction of sp³-hybridized carbons (Fsp3) is 0.467. The Hall–Kier alpha value is -0.930. The van der Waals surface area contributed by atoms with Gasteiger partial charge in [-0.1, -0.05) is 42.0 Å². The van der Waals surface area contributed by atoms with Crippen molar-refractivity contribution in [1.82, 2.24) is 4.90 Å². The van der Waals surface area contributed by atoms with E-state index < -0.39 is 10.8 Å². The zero-order chi connectivity index (χ0) is 13.5. The van der Waals surface area contributed by atoms with Crippen molar-refractivity contribution in [3.8, 4) is 0 Å². The van der Waals surface area contributed by atoms with Crippen LogP contribution < -0.4 is 0 Å². The fourth-order valence-corrected chi connectivity index (χ4v) is 2.83. The van der Waals surface area contributed by atoms with E-state index in [1.165, 1.54) is 11.1 Å². The van der Waals surface area contributed by atoms with Crippen molar-refractivity contribution in [2.45, 2.75) is 19.9 Å². The van der Waals surface area contributed by atoms with Crippen molar-refractivity contribution < 1.29 is 4.21 Å². The third-order valence-electron chi connectivity index (χ3n) is 2.94. The minimum Gasteiger partial charge on any atom is -0.299 e. The Labute approximate surface area is 113 Å². The number of nitrogens with zero attached hydrogens (tertiary/aromatic N) is 1. The van der Waals surface area contributed by atoms with Crippen LogP contribution in [0.4, 0.5) is 0 Å². The smallest absolute Gasteiger partial charge is 0.0385 e. The van der Waals surface area contributed by atoms with Crippen LogP contribution in [0, 0.1) is 0 Å². The second-order valence-corrected chi connectivity index (χ2v) is 6.39. The Balaban J connectivity index is 2.56. The van der Waals surface area contributed by atoms with Gasteiger partial charge in [0.1, 0.15) is 0 Å². The Morgan fingerprint density at radius 3 is 2.56 bits per heavy atom. The summed E-state index contributed by atoms with van der Waals surface area (Å²) < 4.78 is 11.2. The quantitative estimate of drug-likeness (QED) is 0.788. The molecule has 0 aliphatic heterocycles. The van der Waals surface area contributed by atoms with Crippen LogP contribution in [-0.4, -0.2) is 40.8 Å². The number of hydrogen-bond acceptors (Lipinski definition) is 2. The SMILES string of the molecule is C/C(=C\c1ccccc1)CN(C)C(C)CS(C)=O. The topological polar surface area (TPSA) is 20.3 Å². The fourth-order valence-electron chi connectivity index (χ4n) is 1.90. The van der Waals surface area contributed by atoms with E-state index in [9.17, 15) is 4.21 Å². The maximum Gasteiger partial charge on any atom is 0.0385 e. The van der Waals surface area contributed by atoms with E-state index in [2.05, 4.69) is 44.0 Å². The first kappa shape index (κ1) is 15.1. The Morgan fingerprint density at radius 1 is 1.39 bits per heavy atom. The van der Waals surface area contributed by atoms with Gasteiger partial charge in [0.05, 0.1) is 0 Å². The van der Waals surface area contributed by atoms with E-state index >= 15 is 0 Å². The Bertz CT molecular complexity index is 414. The Kier molecular flexibility index (Phi) is 6.30. The summed E-state index contributed by atoms with van der Waals surface area (Å²) in [5, 5.41) is 0. The van der Waals surface area contributed by atoms with Gasteiger partial charge in [0.15, 0.2) is 0 Å². The highest BCUT2D eigenvalue weighted by Crippen LogP contribution is 2.08. The molecule has 1 aromatic rings. The van der Waals surface area contributed by atoms with Gasteiger partial charge < -0.3 is 0 Å². The summed E-state index contributed by atoms with van der Waals surface area (Å²) in [6, 6.07) is 10.7. The molecule has 1 rings (SSSR count). The summed E-state index contributed by atoms with van der Waals surface area (Å²) in [6.45, 7) is 5.17. The molecule has 0 bridgehead atoms. The second-order valence-electron chi connectivity index (χ2n) is 4.91. The molecule has 0 radical (unpaired) electrons. The lowest BCUT2D eigenvalue weighted by molar-refractivity contribution is 0.300. The number of hydrogen-bond donors (Lipinski definition) is 0. The van der Waals surface area contributed by atoms with Gasteiger partial charge >= 0.3 is 0 Å². The summed E-state index contributed by atoms with van der Waals surface area (Å²) in [4.78, 5) is 2.25. The predicted molar refractivity (Wildman–Crippen MR) is 81.1 cm³/mol. The summed E-state index contributed by atoms with van der Waals surface area (Å²) in [5.74, 6) is 0.731. The third-order valence-corrected chi connectivity index (χ3v) is 3.89. The van der Waals surface area contributed by atoms with Gasteiger partial charge in [0.2, 0.25) is 0 Å². The first-order valence-electron chi connectivity index (χ1n) is 6.21. The Morgan fingerprint density at radius 2 is 2.00 bits per heavy atom. The van der Waals surface area contributed by atoms with Crippen LogP contribution in [0.25, 0.3) is 6.08 Å². The summed E-state index contributed by atoms with van der Waals surface area (Å²) in [6.07, 6.45) is 3.96. The highest BCUT2D eigenvalue weighted by atomic mass is 32.2. The molecule has 0 amide bonds. The lowest BCUT2D eigenvalue weighted by atomic mass is 10.1. The third kappa shape index (κ3) is 5.61. The second kappa shape index (κ2) is 7.49. The van der Waals surface area contributed by atoms with Crippen LogP contribution in [0.15, 0.2) is 35.9 Å². The van der Waals surface area contributed by atoms with Crippen LogP contribution in [-0.2, 0) is 10.8 Å². The van der Waals surface area contributed by atoms with Crippen LogP contribution in [0.1, 0.15) is 19.4 Å². The highest BCUT2D eigenvalue weighted by molar-refractivity contribution is 7.84. The highest BCUT2D eigenvalue weighted by Gasteiger charge is 2.10. The number of likely N-dealkylation sites (N-methyl/N-ethyl adjacent to an activating group) is 1. The van der Waals surface area contributed by atoms with Crippen molar-refractivity contribution in [2.24, 2.45) is 0 Å². The molecule has 0 heterocycles. The van der Waals surface area contributed by atoms with E-state index in [0.717, 1.165) is 12.3 Å². The van der Waals surface area contributed by atoms with Gasteiger partial charge in [0.25, 0.3) is 0 Å². The van der Waals surface area contributed by atoms with E-state index in [0.29, 0.717) is 6.04 Å². The molecule has 0 aromatic heterocycles. The van der Waals surface area contributed by atoms with Crippen molar-refractivity contribution in [3.05, 3.63) is 41.5 Å². The average Bonchev–Trinajstić information content (AvgIpc) is 2.29. The molecule has 0 aliphatic carbocycles. The molecule has 100 valence electrons. The maximum absolute atomic E-state index is 11.2. The molecule has 0 saturated heterocycles. The first-order valence-corrected chi connectivity index (χ1v) is 7.94. The standard InChI is InChI=1S/C15H23NOS/c1-13(10-15-8-6-5-7-9-15)11-16(3)14(2)12-18(4)17/h5-10,14H,11-12H2,1-4H3/b13-10+.